The van der Waals surface area contributed by atoms with Crippen LogP contribution >= 0.6 is 0 Å². The summed E-state index contributed by atoms with van der Waals surface area (Å²) in [5, 5.41) is 0. The summed E-state index contributed by atoms with van der Waals surface area (Å²) in [7, 11) is 1.14. The van der Waals surface area contributed by atoms with Crippen LogP contribution in [0.15, 0.2) is 6.07 Å². The van der Waals surface area contributed by atoms with Gasteiger partial charge < -0.3 is 15.2 Å². The van der Waals surface area contributed by atoms with E-state index in [9.17, 15) is 18.0 Å². The Morgan fingerprint density at radius 3 is 2.58 bits per heavy atom. The first-order chi connectivity index (χ1) is 8.76. The van der Waals surface area contributed by atoms with Crippen LogP contribution in [0.3, 0.4) is 0 Å². The normalized spacial score (nSPS) is 11.3. The zero-order chi connectivity index (χ0) is 14.6. The lowest BCUT2D eigenvalue weighted by molar-refractivity contribution is -0.276. The molecule has 0 fully saturated rings. The number of methoxy groups -OCH3 is 1. The first kappa shape index (κ1) is 15.2. The monoisotopic (exact) mass is 278 g/mol. The van der Waals surface area contributed by atoms with Crippen molar-refractivity contribution in [3.63, 3.8) is 0 Å². The Labute approximate surface area is 107 Å². The predicted molar refractivity (Wildman–Crippen MR) is 59.3 cm³/mol. The smallest absolute Gasteiger partial charge is 0.469 e. The number of alkyl halides is 3. The minimum atomic E-state index is -4.89. The Kier molecular flexibility index (Phi) is 4.71. The van der Waals surface area contributed by atoms with Gasteiger partial charge in [0.1, 0.15) is 0 Å². The molecule has 19 heavy (non-hydrogen) atoms. The summed E-state index contributed by atoms with van der Waals surface area (Å²) < 4.78 is 45.1. The molecule has 5 nitrogen and oxygen atoms in total. The fourth-order valence-electron chi connectivity index (χ4n) is 1.47. The molecule has 0 aromatic carbocycles. The number of ether oxygens (including phenoxy) is 2. The number of nitrogens with two attached hydrogens (primary N) is 1. The summed E-state index contributed by atoms with van der Waals surface area (Å²) in [5.74, 6) is -1.35. The maximum atomic E-state index is 12.3. The first-order valence-electron chi connectivity index (χ1n) is 5.29. The maximum absolute atomic E-state index is 12.3. The lowest BCUT2D eigenvalue weighted by Crippen LogP contribution is -2.21. The van der Waals surface area contributed by atoms with Crippen LogP contribution in [0.4, 0.5) is 13.2 Å². The minimum Gasteiger partial charge on any atom is -0.469 e. The molecule has 0 atom stereocenters. The molecule has 0 saturated carbocycles. The molecule has 0 spiro atoms. The summed E-state index contributed by atoms with van der Waals surface area (Å²) in [6.45, 7) is 1.51. The number of aromatic nitrogens is 1. The third-order valence-corrected chi connectivity index (χ3v) is 2.33. The second kappa shape index (κ2) is 5.87. The molecule has 8 heteroatoms. The number of halogens is 3. The van der Waals surface area contributed by atoms with Gasteiger partial charge in [-0.1, -0.05) is 0 Å². The fourth-order valence-corrected chi connectivity index (χ4v) is 1.47. The van der Waals surface area contributed by atoms with E-state index in [-0.39, 0.29) is 24.2 Å². The van der Waals surface area contributed by atoms with E-state index in [1.807, 2.05) is 0 Å². The van der Waals surface area contributed by atoms with Gasteiger partial charge in [-0.05, 0) is 18.6 Å². The zero-order valence-corrected chi connectivity index (χ0v) is 10.4. The minimum absolute atomic E-state index is 0.0291. The van der Waals surface area contributed by atoms with Crippen LogP contribution in [0.2, 0.25) is 0 Å². The number of hydrogen-bond donors (Lipinski definition) is 1. The van der Waals surface area contributed by atoms with E-state index in [1.54, 1.807) is 6.92 Å². The lowest BCUT2D eigenvalue weighted by Gasteiger charge is -2.15. The standard InChI is InChI=1S/C11H13F3N2O3/c1-6-3-7(5-15)16-10(19-11(12,13)14)8(6)4-9(17)18-2/h3H,4-5,15H2,1-2H3. The van der Waals surface area contributed by atoms with Crippen LogP contribution < -0.4 is 10.5 Å². The predicted octanol–water partition coefficient (Wildman–Crippen LogP) is 1.46. The van der Waals surface area contributed by atoms with Crippen molar-refractivity contribution in [1.29, 1.82) is 0 Å². The number of pyridine rings is 1. The van der Waals surface area contributed by atoms with Crippen LogP contribution in [0.25, 0.3) is 0 Å². The molecule has 1 rings (SSSR count). The molecule has 0 radical (unpaired) electrons. The van der Waals surface area contributed by atoms with E-state index in [0.29, 0.717) is 5.56 Å². The number of rotatable bonds is 4. The largest absolute Gasteiger partial charge is 0.574 e. The van der Waals surface area contributed by atoms with E-state index in [0.717, 1.165) is 7.11 Å². The fraction of sp³-hybridized carbons (Fsp3) is 0.455. The van der Waals surface area contributed by atoms with Gasteiger partial charge in [-0.3, -0.25) is 4.79 Å². The number of carbonyl (C=O) groups excluding carboxylic acids is 1. The number of carbonyl (C=O) groups is 1. The second-order valence-corrected chi connectivity index (χ2v) is 3.72. The number of aryl methyl sites for hydroxylation is 1. The van der Waals surface area contributed by atoms with Gasteiger partial charge in [0, 0.05) is 12.1 Å². The van der Waals surface area contributed by atoms with Gasteiger partial charge in [-0.15, -0.1) is 13.2 Å². The van der Waals surface area contributed by atoms with Crippen molar-refractivity contribution >= 4 is 5.97 Å². The van der Waals surface area contributed by atoms with Gasteiger partial charge in [-0.2, -0.15) is 0 Å². The van der Waals surface area contributed by atoms with Crippen molar-refractivity contribution in [2.45, 2.75) is 26.3 Å². The van der Waals surface area contributed by atoms with Gasteiger partial charge in [0.15, 0.2) is 0 Å². The van der Waals surface area contributed by atoms with Crippen molar-refractivity contribution in [3.05, 3.63) is 22.9 Å². The van der Waals surface area contributed by atoms with Crippen LogP contribution in [0.1, 0.15) is 16.8 Å². The van der Waals surface area contributed by atoms with Gasteiger partial charge >= 0.3 is 12.3 Å². The molecule has 1 aromatic rings. The van der Waals surface area contributed by atoms with E-state index >= 15 is 0 Å². The molecule has 0 unspecified atom stereocenters. The topological polar surface area (TPSA) is 74.4 Å². The summed E-state index contributed by atoms with van der Waals surface area (Å²) >= 11 is 0. The Hall–Kier alpha value is -1.83. The molecule has 0 aliphatic carbocycles. The van der Waals surface area contributed by atoms with E-state index in [4.69, 9.17) is 5.73 Å². The van der Waals surface area contributed by atoms with Crippen LogP contribution in [-0.4, -0.2) is 24.4 Å². The highest BCUT2D eigenvalue weighted by atomic mass is 19.4. The van der Waals surface area contributed by atoms with Gasteiger partial charge in [0.25, 0.3) is 0 Å². The van der Waals surface area contributed by atoms with Crippen molar-refractivity contribution in [2.24, 2.45) is 5.73 Å². The van der Waals surface area contributed by atoms with Gasteiger partial charge in [0.05, 0.1) is 19.2 Å². The van der Waals surface area contributed by atoms with Crippen molar-refractivity contribution in [1.82, 2.24) is 4.98 Å². The third kappa shape index (κ3) is 4.40. The maximum Gasteiger partial charge on any atom is 0.574 e. The van der Waals surface area contributed by atoms with Crippen LogP contribution in [0.5, 0.6) is 5.88 Å². The molecular formula is C11H13F3N2O3. The molecule has 0 aliphatic rings. The Balaban J connectivity index is 3.21. The van der Waals surface area contributed by atoms with Crippen molar-refractivity contribution < 1.29 is 27.4 Å². The summed E-state index contributed by atoms with van der Waals surface area (Å²) in [4.78, 5) is 14.8. The third-order valence-electron chi connectivity index (χ3n) is 2.33. The van der Waals surface area contributed by atoms with E-state index in [1.165, 1.54) is 6.07 Å². The number of hydrogen-bond acceptors (Lipinski definition) is 5. The zero-order valence-electron chi connectivity index (χ0n) is 10.4. The summed E-state index contributed by atoms with van der Waals surface area (Å²) in [5.41, 5.74) is 6.04. The summed E-state index contributed by atoms with van der Waals surface area (Å²) in [6.07, 6.45) is -5.25. The Morgan fingerprint density at radius 1 is 1.47 bits per heavy atom. The highest BCUT2D eigenvalue weighted by Crippen LogP contribution is 2.27. The SMILES string of the molecule is COC(=O)Cc1c(C)cc(CN)nc1OC(F)(F)F. The number of esters is 1. The Bertz CT molecular complexity index is 475. The first-order valence-corrected chi connectivity index (χ1v) is 5.29. The van der Waals surface area contributed by atoms with E-state index in [2.05, 4.69) is 14.5 Å². The van der Waals surface area contributed by atoms with Gasteiger partial charge in [0.2, 0.25) is 5.88 Å². The summed E-state index contributed by atoms with van der Waals surface area (Å²) in [6, 6.07) is 1.50. The van der Waals surface area contributed by atoms with Crippen LogP contribution in [-0.2, 0) is 22.5 Å². The molecule has 106 valence electrons. The molecule has 1 aromatic heterocycles. The van der Waals surface area contributed by atoms with Crippen molar-refractivity contribution in [2.75, 3.05) is 7.11 Å². The highest BCUT2D eigenvalue weighted by molar-refractivity contribution is 5.73. The molecule has 2 N–H and O–H groups in total. The molecule has 0 aliphatic heterocycles. The molecule has 0 amide bonds. The quantitative estimate of drug-likeness (QED) is 0.844. The average Bonchev–Trinajstić information content (AvgIpc) is 2.30. The molecular weight excluding hydrogens is 265 g/mol. The van der Waals surface area contributed by atoms with Crippen LogP contribution in [0, 0.1) is 6.92 Å². The second-order valence-electron chi connectivity index (χ2n) is 3.72. The molecule has 1 heterocycles. The van der Waals surface area contributed by atoms with Gasteiger partial charge in [-0.25, -0.2) is 4.98 Å². The Morgan fingerprint density at radius 2 is 2.11 bits per heavy atom. The lowest BCUT2D eigenvalue weighted by atomic mass is 10.1. The number of nitrogens with zero attached hydrogens (tertiary/aromatic N) is 1. The van der Waals surface area contributed by atoms with E-state index < -0.39 is 18.2 Å². The highest BCUT2D eigenvalue weighted by Gasteiger charge is 2.33. The molecule has 0 saturated heterocycles. The van der Waals surface area contributed by atoms with Crippen molar-refractivity contribution in [3.8, 4) is 5.88 Å². The molecule has 0 bridgehead atoms. The average molecular weight is 278 g/mol.